The summed E-state index contributed by atoms with van der Waals surface area (Å²) >= 11 is 0. The third-order valence-electron chi connectivity index (χ3n) is 4.14. The van der Waals surface area contributed by atoms with Crippen molar-refractivity contribution in [3.05, 3.63) is 35.6 Å². The number of nitrogens with zero attached hydrogens (tertiary/aromatic N) is 1. The van der Waals surface area contributed by atoms with Crippen LogP contribution in [0.25, 0.3) is 0 Å². The van der Waals surface area contributed by atoms with Gasteiger partial charge in [-0.1, -0.05) is 26.0 Å². The molecule has 3 unspecified atom stereocenters. The smallest absolute Gasteiger partial charge is 0.123 e. The van der Waals surface area contributed by atoms with Crippen LogP contribution in [0.3, 0.4) is 0 Å². The molecule has 0 fully saturated rings. The van der Waals surface area contributed by atoms with Crippen molar-refractivity contribution < 1.29 is 9.13 Å². The van der Waals surface area contributed by atoms with Gasteiger partial charge in [-0.15, -0.1) is 0 Å². The van der Waals surface area contributed by atoms with E-state index in [-0.39, 0.29) is 17.9 Å². The first-order valence-corrected chi connectivity index (χ1v) is 7.80. The van der Waals surface area contributed by atoms with Gasteiger partial charge in [-0.3, -0.25) is 4.90 Å². The topological polar surface area (TPSA) is 38.5 Å². The van der Waals surface area contributed by atoms with E-state index in [2.05, 4.69) is 25.7 Å². The Balaban J connectivity index is 3.12. The van der Waals surface area contributed by atoms with Gasteiger partial charge < -0.3 is 10.5 Å². The predicted molar refractivity (Wildman–Crippen MR) is 85.7 cm³/mol. The summed E-state index contributed by atoms with van der Waals surface area (Å²) in [4.78, 5) is 2.34. The lowest BCUT2D eigenvalue weighted by molar-refractivity contribution is 0.0754. The summed E-state index contributed by atoms with van der Waals surface area (Å²) in [5.74, 6) is -0.211. The molecule has 0 radical (unpaired) electrons. The van der Waals surface area contributed by atoms with Crippen LogP contribution in [0.2, 0.25) is 0 Å². The zero-order chi connectivity index (χ0) is 15.8. The Kier molecular flexibility index (Phi) is 7.86. The number of benzene rings is 1. The van der Waals surface area contributed by atoms with Gasteiger partial charge in [0.1, 0.15) is 5.82 Å². The summed E-state index contributed by atoms with van der Waals surface area (Å²) in [5.41, 5.74) is 7.30. The molecule has 1 aromatic carbocycles. The van der Waals surface area contributed by atoms with Gasteiger partial charge in [-0.05, 0) is 37.5 Å². The van der Waals surface area contributed by atoms with Crippen LogP contribution >= 0.6 is 0 Å². The summed E-state index contributed by atoms with van der Waals surface area (Å²) in [5, 5.41) is 0. The molecule has 21 heavy (non-hydrogen) atoms. The Bertz CT molecular complexity index is 414. The molecular weight excluding hydrogens is 267 g/mol. The Morgan fingerprint density at radius 2 is 2.00 bits per heavy atom. The van der Waals surface area contributed by atoms with E-state index in [1.807, 2.05) is 6.07 Å². The highest BCUT2D eigenvalue weighted by Crippen LogP contribution is 2.28. The van der Waals surface area contributed by atoms with Gasteiger partial charge >= 0.3 is 0 Å². The van der Waals surface area contributed by atoms with E-state index < -0.39 is 0 Å². The normalized spacial score (nSPS) is 16.0. The maximum Gasteiger partial charge on any atom is 0.123 e. The second-order valence-corrected chi connectivity index (χ2v) is 5.56. The lowest BCUT2D eigenvalue weighted by Gasteiger charge is -2.39. The number of rotatable bonds is 9. The van der Waals surface area contributed by atoms with E-state index in [0.717, 1.165) is 24.9 Å². The first-order chi connectivity index (χ1) is 10.0. The highest BCUT2D eigenvalue weighted by molar-refractivity contribution is 5.22. The molecule has 1 aromatic rings. The van der Waals surface area contributed by atoms with E-state index in [9.17, 15) is 4.39 Å². The Morgan fingerprint density at radius 3 is 2.52 bits per heavy atom. The van der Waals surface area contributed by atoms with Crippen LogP contribution in [0, 0.1) is 5.82 Å². The zero-order valence-electron chi connectivity index (χ0n) is 13.7. The quantitative estimate of drug-likeness (QED) is 0.759. The molecule has 0 bridgehead atoms. The minimum atomic E-state index is -0.211. The molecule has 4 heteroatoms. The third kappa shape index (κ3) is 5.06. The van der Waals surface area contributed by atoms with Crippen molar-refractivity contribution in [2.75, 3.05) is 20.3 Å². The fourth-order valence-corrected chi connectivity index (χ4v) is 2.66. The molecule has 120 valence electrons. The molecule has 0 saturated heterocycles. The summed E-state index contributed by atoms with van der Waals surface area (Å²) in [6.45, 7) is 7.85. The second kappa shape index (κ2) is 9.13. The Hall–Kier alpha value is -0.970. The van der Waals surface area contributed by atoms with Crippen LogP contribution in [0.1, 0.15) is 45.2 Å². The molecule has 0 spiro atoms. The summed E-state index contributed by atoms with van der Waals surface area (Å²) in [6.07, 6.45) is 1.87. The lowest BCUT2D eigenvalue weighted by Crippen LogP contribution is -2.46. The molecule has 0 amide bonds. The molecule has 0 aromatic heterocycles. The zero-order valence-corrected chi connectivity index (χ0v) is 13.7. The molecule has 2 N–H and O–H groups in total. The maximum atomic E-state index is 13.6. The van der Waals surface area contributed by atoms with Crippen LogP contribution in [0.15, 0.2) is 24.3 Å². The van der Waals surface area contributed by atoms with Crippen molar-refractivity contribution in [2.24, 2.45) is 5.73 Å². The molecule has 0 saturated carbocycles. The van der Waals surface area contributed by atoms with Gasteiger partial charge in [-0.2, -0.15) is 0 Å². The van der Waals surface area contributed by atoms with Gasteiger partial charge in [0.15, 0.2) is 0 Å². The monoisotopic (exact) mass is 296 g/mol. The van der Waals surface area contributed by atoms with Crippen LogP contribution in [0.5, 0.6) is 0 Å². The fourth-order valence-electron chi connectivity index (χ4n) is 2.66. The first-order valence-electron chi connectivity index (χ1n) is 7.80. The molecule has 0 aliphatic rings. The molecule has 1 rings (SSSR count). The SMILES string of the molecule is CCC(N)C(c1cccc(F)c1)N(CCOC)C(C)CC. The first kappa shape index (κ1) is 18.1. The van der Waals surface area contributed by atoms with Gasteiger partial charge in [-0.25, -0.2) is 4.39 Å². The van der Waals surface area contributed by atoms with Crippen LogP contribution < -0.4 is 5.73 Å². The maximum absolute atomic E-state index is 13.6. The van der Waals surface area contributed by atoms with Crippen molar-refractivity contribution >= 4 is 0 Å². The third-order valence-corrected chi connectivity index (χ3v) is 4.14. The summed E-state index contributed by atoms with van der Waals surface area (Å²) in [6, 6.07) is 7.14. The predicted octanol–water partition coefficient (Wildman–Crippen LogP) is 3.35. The lowest BCUT2D eigenvalue weighted by atomic mass is 9.94. The molecule has 0 aliphatic heterocycles. The minimum absolute atomic E-state index is 0.01000. The van der Waals surface area contributed by atoms with Crippen molar-refractivity contribution in [1.82, 2.24) is 4.90 Å². The van der Waals surface area contributed by atoms with E-state index in [0.29, 0.717) is 12.6 Å². The molecule has 0 aliphatic carbocycles. The van der Waals surface area contributed by atoms with Gasteiger partial charge in [0.25, 0.3) is 0 Å². The van der Waals surface area contributed by atoms with E-state index in [4.69, 9.17) is 10.5 Å². The van der Waals surface area contributed by atoms with E-state index in [1.54, 1.807) is 19.2 Å². The summed E-state index contributed by atoms with van der Waals surface area (Å²) in [7, 11) is 1.70. The average Bonchev–Trinajstić information content (AvgIpc) is 2.49. The molecule has 3 nitrogen and oxygen atoms in total. The number of methoxy groups -OCH3 is 1. The largest absolute Gasteiger partial charge is 0.383 e. The summed E-state index contributed by atoms with van der Waals surface area (Å²) < 4.78 is 18.8. The van der Waals surface area contributed by atoms with Crippen molar-refractivity contribution in [1.29, 1.82) is 0 Å². The Labute approximate surface area is 128 Å². The van der Waals surface area contributed by atoms with E-state index >= 15 is 0 Å². The minimum Gasteiger partial charge on any atom is -0.383 e. The van der Waals surface area contributed by atoms with E-state index in [1.165, 1.54) is 6.07 Å². The van der Waals surface area contributed by atoms with Crippen molar-refractivity contribution in [3.8, 4) is 0 Å². The van der Waals surface area contributed by atoms with Gasteiger partial charge in [0.2, 0.25) is 0 Å². The van der Waals surface area contributed by atoms with Crippen LogP contribution in [-0.4, -0.2) is 37.2 Å². The molecule has 3 atom stereocenters. The number of ether oxygens (including phenoxy) is 1. The standard InChI is InChI=1S/C17H29FN2O/c1-5-13(3)20(10-11-21-4)17(16(19)6-2)14-8-7-9-15(18)12-14/h7-9,12-13,16-17H,5-6,10-11,19H2,1-4H3. The van der Waals surface area contributed by atoms with Crippen molar-refractivity contribution in [3.63, 3.8) is 0 Å². The molecule has 0 heterocycles. The van der Waals surface area contributed by atoms with Gasteiger partial charge in [0.05, 0.1) is 12.6 Å². The second-order valence-electron chi connectivity index (χ2n) is 5.56. The number of halogens is 1. The fraction of sp³-hybridized carbons (Fsp3) is 0.647. The van der Waals surface area contributed by atoms with Crippen molar-refractivity contribution in [2.45, 2.75) is 51.7 Å². The highest BCUT2D eigenvalue weighted by atomic mass is 19.1. The van der Waals surface area contributed by atoms with Crippen LogP contribution in [0.4, 0.5) is 4.39 Å². The van der Waals surface area contributed by atoms with Crippen LogP contribution in [-0.2, 0) is 4.74 Å². The Morgan fingerprint density at radius 1 is 1.29 bits per heavy atom. The molecular formula is C17H29FN2O. The number of nitrogens with two attached hydrogens (primary N) is 1. The average molecular weight is 296 g/mol. The van der Waals surface area contributed by atoms with Gasteiger partial charge in [0, 0.05) is 25.7 Å². The number of hydrogen-bond donors (Lipinski definition) is 1. The number of hydrogen-bond acceptors (Lipinski definition) is 3. The highest BCUT2D eigenvalue weighted by Gasteiger charge is 2.28.